The Morgan fingerprint density at radius 2 is 1.96 bits per heavy atom. The molecule has 0 spiro atoms. The van der Waals surface area contributed by atoms with Gasteiger partial charge in [-0.2, -0.15) is 0 Å². The largest absolute Gasteiger partial charge is 0.350 e. The van der Waals surface area contributed by atoms with E-state index in [2.05, 4.69) is 15.6 Å². The van der Waals surface area contributed by atoms with E-state index in [4.69, 9.17) is 0 Å². The van der Waals surface area contributed by atoms with Crippen LogP contribution in [0.3, 0.4) is 0 Å². The van der Waals surface area contributed by atoms with Crippen LogP contribution >= 0.6 is 0 Å². The second kappa shape index (κ2) is 7.35. The number of amides is 2. The molecule has 2 aromatic heterocycles. The summed E-state index contributed by atoms with van der Waals surface area (Å²) in [6, 6.07) is 10.8. The van der Waals surface area contributed by atoms with E-state index in [0.29, 0.717) is 23.7 Å². The molecule has 2 heterocycles. The molecule has 3 aromatic rings. The molecule has 1 aromatic carbocycles. The average molecular weight is 354 g/mol. The highest BCUT2D eigenvalue weighted by Crippen LogP contribution is 2.16. The van der Waals surface area contributed by atoms with Gasteiger partial charge in [0.05, 0.1) is 5.52 Å². The van der Waals surface area contributed by atoms with Gasteiger partial charge in [-0.05, 0) is 36.2 Å². The van der Waals surface area contributed by atoms with E-state index in [-0.39, 0.29) is 17.4 Å². The second-order valence-corrected chi connectivity index (χ2v) is 6.31. The van der Waals surface area contributed by atoms with Crippen molar-refractivity contribution in [2.24, 2.45) is 5.92 Å². The predicted octanol–water partition coefficient (Wildman–Crippen LogP) is 3.11. The van der Waals surface area contributed by atoms with Crippen molar-refractivity contribution >= 4 is 23.0 Å². The van der Waals surface area contributed by atoms with Crippen LogP contribution in [0, 0.1) is 11.7 Å². The fourth-order valence-corrected chi connectivity index (χ4v) is 2.50. The van der Waals surface area contributed by atoms with Crippen LogP contribution in [0.25, 0.3) is 5.52 Å². The van der Waals surface area contributed by atoms with Crippen molar-refractivity contribution in [3.8, 4) is 0 Å². The van der Waals surface area contributed by atoms with E-state index in [1.54, 1.807) is 34.9 Å². The molecule has 26 heavy (non-hydrogen) atoms. The van der Waals surface area contributed by atoms with Gasteiger partial charge in [-0.25, -0.2) is 9.37 Å². The zero-order valence-corrected chi connectivity index (χ0v) is 14.5. The molecule has 0 fully saturated rings. The number of nitrogens with one attached hydrogen (secondary N) is 2. The third-order valence-corrected chi connectivity index (χ3v) is 3.72. The van der Waals surface area contributed by atoms with Crippen molar-refractivity contribution in [1.82, 2.24) is 14.7 Å². The van der Waals surface area contributed by atoms with Crippen LogP contribution in [0.4, 0.5) is 10.1 Å². The van der Waals surface area contributed by atoms with Crippen molar-refractivity contribution < 1.29 is 14.0 Å². The summed E-state index contributed by atoms with van der Waals surface area (Å²) in [4.78, 5) is 29.3. The minimum absolute atomic E-state index is 0.0551. The number of imidazole rings is 1. The smallest absolute Gasteiger partial charge is 0.292 e. The molecule has 0 saturated heterocycles. The van der Waals surface area contributed by atoms with E-state index >= 15 is 0 Å². The Labute approximate surface area is 150 Å². The summed E-state index contributed by atoms with van der Waals surface area (Å²) in [6.45, 7) is 4.49. The molecule has 0 saturated carbocycles. The molecule has 0 radical (unpaired) electrons. The second-order valence-electron chi connectivity index (χ2n) is 6.31. The van der Waals surface area contributed by atoms with Crippen molar-refractivity contribution in [3.05, 3.63) is 66.0 Å². The van der Waals surface area contributed by atoms with Crippen LogP contribution in [0.1, 0.15) is 35.0 Å². The highest BCUT2D eigenvalue weighted by atomic mass is 19.1. The Kier molecular flexibility index (Phi) is 4.97. The van der Waals surface area contributed by atoms with Crippen LogP contribution in [-0.4, -0.2) is 27.7 Å². The first-order valence-corrected chi connectivity index (χ1v) is 8.28. The van der Waals surface area contributed by atoms with Crippen molar-refractivity contribution in [3.63, 3.8) is 0 Å². The molecule has 6 nitrogen and oxygen atoms in total. The molecule has 3 rings (SSSR count). The van der Waals surface area contributed by atoms with E-state index in [0.717, 1.165) is 0 Å². The lowest BCUT2D eigenvalue weighted by Gasteiger charge is -2.05. The summed E-state index contributed by atoms with van der Waals surface area (Å²) >= 11 is 0. The number of halogens is 1. The third-order valence-electron chi connectivity index (χ3n) is 3.72. The molecule has 2 N–H and O–H groups in total. The minimum atomic E-state index is -0.528. The Morgan fingerprint density at radius 3 is 2.69 bits per heavy atom. The Bertz CT molecular complexity index is 965. The molecule has 0 aliphatic carbocycles. The number of nitrogens with zero attached hydrogens (tertiary/aromatic N) is 2. The van der Waals surface area contributed by atoms with E-state index in [1.165, 1.54) is 18.2 Å². The van der Waals surface area contributed by atoms with Gasteiger partial charge in [0, 0.05) is 18.4 Å². The number of carbonyl (C=O) groups excluding carboxylic acids is 2. The number of aromatic nitrogens is 2. The number of rotatable bonds is 5. The van der Waals surface area contributed by atoms with Gasteiger partial charge < -0.3 is 10.6 Å². The summed E-state index contributed by atoms with van der Waals surface area (Å²) in [5.41, 5.74) is 1.02. The van der Waals surface area contributed by atoms with Crippen LogP contribution in [-0.2, 0) is 0 Å². The maximum Gasteiger partial charge on any atom is 0.292 e. The Balaban J connectivity index is 1.93. The number of fused-ring (bicyclic) bond motifs is 1. The van der Waals surface area contributed by atoms with Gasteiger partial charge in [-0.15, -0.1) is 0 Å². The molecule has 2 amide bonds. The van der Waals surface area contributed by atoms with Gasteiger partial charge in [0.2, 0.25) is 5.82 Å². The standard InChI is InChI=1S/C19H19FN4O2/c1-12(2)11-21-18(25)16-15-8-3-4-9-24(15)17(23-16)19(26)22-14-7-5-6-13(20)10-14/h3-10,12H,11H2,1-2H3,(H,21,25)(H,22,26). The molecule has 0 atom stereocenters. The molecule has 134 valence electrons. The van der Waals surface area contributed by atoms with Crippen molar-refractivity contribution in [1.29, 1.82) is 0 Å². The Hall–Kier alpha value is -3.22. The number of hydrogen-bond acceptors (Lipinski definition) is 3. The number of carbonyl (C=O) groups is 2. The van der Waals surface area contributed by atoms with Crippen LogP contribution in [0.2, 0.25) is 0 Å². The van der Waals surface area contributed by atoms with Gasteiger partial charge in [-0.3, -0.25) is 14.0 Å². The maximum absolute atomic E-state index is 13.3. The minimum Gasteiger partial charge on any atom is -0.350 e. The first-order chi connectivity index (χ1) is 12.5. The summed E-state index contributed by atoms with van der Waals surface area (Å²) in [6.07, 6.45) is 1.65. The lowest BCUT2D eigenvalue weighted by molar-refractivity contribution is 0.0946. The van der Waals surface area contributed by atoms with E-state index < -0.39 is 11.7 Å². The van der Waals surface area contributed by atoms with Crippen LogP contribution in [0.15, 0.2) is 48.7 Å². The zero-order valence-electron chi connectivity index (χ0n) is 14.5. The lowest BCUT2D eigenvalue weighted by atomic mass is 10.2. The first-order valence-electron chi connectivity index (χ1n) is 8.28. The van der Waals surface area contributed by atoms with E-state index in [1.807, 2.05) is 13.8 Å². The Morgan fingerprint density at radius 1 is 1.15 bits per heavy atom. The lowest BCUT2D eigenvalue weighted by Crippen LogP contribution is -2.27. The van der Waals surface area contributed by atoms with Gasteiger partial charge >= 0.3 is 0 Å². The number of pyridine rings is 1. The van der Waals surface area contributed by atoms with Gasteiger partial charge in [0.15, 0.2) is 5.69 Å². The zero-order chi connectivity index (χ0) is 18.7. The average Bonchev–Trinajstić information content (AvgIpc) is 2.99. The van der Waals surface area contributed by atoms with Gasteiger partial charge in [-0.1, -0.05) is 26.0 Å². The molecule has 7 heteroatoms. The number of anilines is 1. The fourth-order valence-electron chi connectivity index (χ4n) is 2.50. The summed E-state index contributed by atoms with van der Waals surface area (Å²) in [5, 5.41) is 5.40. The highest BCUT2D eigenvalue weighted by Gasteiger charge is 2.21. The molecule has 0 aliphatic rings. The summed E-state index contributed by atoms with van der Waals surface area (Å²) in [7, 11) is 0. The van der Waals surface area contributed by atoms with Crippen LogP contribution < -0.4 is 10.6 Å². The third kappa shape index (κ3) is 3.72. The predicted molar refractivity (Wildman–Crippen MR) is 96.7 cm³/mol. The summed E-state index contributed by atoms with van der Waals surface area (Å²) in [5.74, 6) is -0.973. The molecule has 0 bridgehead atoms. The maximum atomic E-state index is 13.3. The quantitative estimate of drug-likeness (QED) is 0.739. The van der Waals surface area contributed by atoms with Gasteiger partial charge in [0.1, 0.15) is 5.82 Å². The van der Waals surface area contributed by atoms with Gasteiger partial charge in [0.25, 0.3) is 11.8 Å². The van der Waals surface area contributed by atoms with Crippen molar-refractivity contribution in [2.75, 3.05) is 11.9 Å². The summed E-state index contributed by atoms with van der Waals surface area (Å²) < 4.78 is 14.8. The SMILES string of the molecule is CC(C)CNC(=O)c1nc(C(=O)Nc2cccc(F)c2)n2ccccc12. The first kappa shape index (κ1) is 17.6. The number of hydrogen-bond donors (Lipinski definition) is 2. The highest BCUT2D eigenvalue weighted by molar-refractivity contribution is 6.06. The monoisotopic (exact) mass is 354 g/mol. The van der Waals surface area contributed by atoms with Crippen LogP contribution in [0.5, 0.6) is 0 Å². The molecular formula is C19H19FN4O2. The molecule has 0 aliphatic heterocycles. The molecule has 0 unspecified atom stereocenters. The van der Waals surface area contributed by atoms with E-state index in [9.17, 15) is 14.0 Å². The normalized spacial score (nSPS) is 10.9. The topological polar surface area (TPSA) is 75.5 Å². The fraction of sp³-hybridized carbons (Fsp3) is 0.211. The number of benzene rings is 1. The van der Waals surface area contributed by atoms with Crippen molar-refractivity contribution in [2.45, 2.75) is 13.8 Å². The molecular weight excluding hydrogens is 335 g/mol.